The molecule has 1 heterocycles. The van der Waals surface area contributed by atoms with Gasteiger partial charge in [0.25, 0.3) is 0 Å². The zero-order valence-electron chi connectivity index (χ0n) is 10.3. The van der Waals surface area contributed by atoms with E-state index in [1.165, 1.54) is 38.9 Å². The molecule has 94 valence electrons. The van der Waals surface area contributed by atoms with Gasteiger partial charge in [-0.2, -0.15) is 0 Å². The van der Waals surface area contributed by atoms with Gasteiger partial charge in [-0.05, 0) is 76.5 Å². The highest BCUT2D eigenvalue weighted by atomic mass is 16.3. The first-order valence-corrected chi connectivity index (χ1v) is 6.85. The molecule has 0 aromatic rings. The van der Waals surface area contributed by atoms with Gasteiger partial charge in [0, 0.05) is 0 Å². The van der Waals surface area contributed by atoms with Crippen LogP contribution >= 0.6 is 0 Å². The quantitative estimate of drug-likeness (QED) is 0.761. The molecule has 1 aliphatic carbocycles. The van der Waals surface area contributed by atoms with Crippen LogP contribution in [0, 0.1) is 5.41 Å². The average Bonchev–Trinajstić information content (AvgIpc) is 2.82. The molecule has 1 saturated heterocycles. The van der Waals surface area contributed by atoms with E-state index in [4.69, 9.17) is 5.73 Å². The minimum absolute atomic E-state index is 0.0635. The molecule has 0 atom stereocenters. The van der Waals surface area contributed by atoms with Crippen molar-refractivity contribution in [2.75, 3.05) is 26.2 Å². The predicted octanol–water partition coefficient (Wildman–Crippen LogP) is 1.35. The summed E-state index contributed by atoms with van der Waals surface area (Å²) in [5, 5.41) is 9.57. The number of nitrogens with zero attached hydrogens (tertiary/aromatic N) is 1. The Bertz CT molecular complexity index is 206. The first-order valence-electron chi connectivity index (χ1n) is 6.85. The van der Waals surface area contributed by atoms with Gasteiger partial charge in [-0.15, -0.1) is 0 Å². The maximum absolute atomic E-state index is 9.57. The van der Waals surface area contributed by atoms with E-state index in [0.29, 0.717) is 5.41 Å². The monoisotopic (exact) mass is 226 g/mol. The fourth-order valence-corrected chi connectivity index (χ4v) is 3.17. The van der Waals surface area contributed by atoms with E-state index in [9.17, 15) is 5.11 Å². The fourth-order valence-electron chi connectivity index (χ4n) is 3.17. The zero-order chi connectivity index (χ0) is 11.4. The number of likely N-dealkylation sites (tertiary alicyclic amines) is 1. The minimum atomic E-state index is -0.0635. The molecule has 16 heavy (non-hydrogen) atoms. The van der Waals surface area contributed by atoms with Crippen LogP contribution in [-0.2, 0) is 0 Å². The molecular weight excluding hydrogens is 200 g/mol. The van der Waals surface area contributed by atoms with E-state index in [1.807, 2.05) is 0 Å². The predicted molar refractivity (Wildman–Crippen MR) is 66.3 cm³/mol. The van der Waals surface area contributed by atoms with Crippen molar-refractivity contribution in [2.45, 2.75) is 51.0 Å². The Morgan fingerprint density at radius 3 is 2.38 bits per heavy atom. The average molecular weight is 226 g/mol. The SMILES string of the molecule is NCC1(CCN2CCCC2)CCC(O)CC1. The molecule has 1 saturated carbocycles. The number of nitrogens with two attached hydrogens (primary N) is 1. The molecule has 3 N–H and O–H groups in total. The Balaban J connectivity index is 1.79. The third kappa shape index (κ3) is 2.96. The first kappa shape index (κ1) is 12.3. The lowest BCUT2D eigenvalue weighted by Gasteiger charge is -2.39. The zero-order valence-corrected chi connectivity index (χ0v) is 10.3. The van der Waals surface area contributed by atoms with E-state index < -0.39 is 0 Å². The lowest BCUT2D eigenvalue weighted by atomic mass is 9.71. The number of aliphatic hydroxyl groups excluding tert-OH is 1. The lowest BCUT2D eigenvalue weighted by Crippen LogP contribution is -2.39. The van der Waals surface area contributed by atoms with Crippen LogP contribution in [0.25, 0.3) is 0 Å². The fraction of sp³-hybridized carbons (Fsp3) is 1.00. The molecule has 0 amide bonds. The van der Waals surface area contributed by atoms with Crippen LogP contribution in [-0.4, -0.2) is 42.3 Å². The third-order valence-electron chi connectivity index (χ3n) is 4.61. The van der Waals surface area contributed by atoms with E-state index in [-0.39, 0.29) is 6.10 Å². The second-order valence-corrected chi connectivity index (χ2v) is 5.73. The second kappa shape index (κ2) is 5.48. The number of aliphatic hydroxyl groups is 1. The minimum Gasteiger partial charge on any atom is -0.393 e. The van der Waals surface area contributed by atoms with Crippen molar-refractivity contribution in [3.05, 3.63) is 0 Å². The van der Waals surface area contributed by atoms with Gasteiger partial charge in [-0.1, -0.05) is 0 Å². The number of hydrogen-bond donors (Lipinski definition) is 2. The van der Waals surface area contributed by atoms with Gasteiger partial charge >= 0.3 is 0 Å². The van der Waals surface area contributed by atoms with Crippen LogP contribution in [0.3, 0.4) is 0 Å². The summed E-state index contributed by atoms with van der Waals surface area (Å²) in [7, 11) is 0. The molecule has 0 aromatic carbocycles. The number of rotatable bonds is 4. The molecular formula is C13H26N2O. The number of hydrogen-bond acceptors (Lipinski definition) is 3. The molecule has 0 aromatic heterocycles. The standard InChI is InChI=1S/C13H26N2O/c14-11-13(5-3-12(16)4-6-13)7-10-15-8-1-2-9-15/h12,16H,1-11,14H2. The summed E-state index contributed by atoms with van der Waals surface area (Å²) in [5.74, 6) is 0. The van der Waals surface area contributed by atoms with Crippen LogP contribution in [0.15, 0.2) is 0 Å². The Hall–Kier alpha value is -0.120. The normalized spacial score (nSPS) is 36.8. The van der Waals surface area contributed by atoms with Gasteiger partial charge in [0.2, 0.25) is 0 Å². The maximum Gasteiger partial charge on any atom is 0.0540 e. The van der Waals surface area contributed by atoms with Crippen molar-refractivity contribution in [1.82, 2.24) is 4.90 Å². The van der Waals surface area contributed by atoms with Crippen molar-refractivity contribution in [3.63, 3.8) is 0 Å². The van der Waals surface area contributed by atoms with Crippen LogP contribution in [0.5, 0.6) is 0 Å². The highest BCUT2D eigenvalue weighted by Crippen LogP contribution is 2.38. The molecule has 3 nitrogen and oxygen atoms in total. The van der Waals surface area contributed by atoms with Crippen LogP contribution in [0.2, 0.25) is 0 Å². The maximum atomic E-state index is 9.57. The Morgan fingerprint density at radius 2 is 1.81 bits per heavy atom. The Labute approximate surface area is 99.0 Å². The molecule has 2 fully saturated rings. The van der Waals surface area contributed by atoms with Gasteiger partial charge in [0.15, 0.2) is 0 Å². The molecule has 1 aliphatic heterocycles. The summed E-state index contributed by atoms with van der Waals surface area (Å²) in [6.45, 7) is 4.58. The first-order chi connectivity index (χ1) is 7.74. The van der Waals surface area contributed by atoms with Crippen LogP contribution in [0.1, 0.15) is 44.9 Å². The van der Waals surface area contributed by atoms with Crippen molar-refractivity contribution in [2.24, 2.45) is 11.1 Å². The van der Waals surface area contributed by atoms with E-state index >= 15 is 0 Å². The van der Waals surface area contributed by atoms with Gasteiger partial charge in [0.1, 0.15) is 0 Å². The third-order valence-corrected chi connectivity index (χ3v) is 4.61. The smallest absolute Gasteiger partial charge is 0.0540 e. The van der Waals surface area contributed by atoms with Gasteiger partial charge in [0.05, 0.1) is 6.10 Å². The topological polar surface area (TPSA) is 49.5 Å². The summed E-state index contributed by atoms with van der Waals surface area (Å²) >= 11 is 0. The van der Waals surface area contributed by atoms with E-state index in [1.54, 1.807) is 0 Å². The second-order valence-electron chi connectivity index (χ2n) is 5.73. The molecule has 0 spiro atoms. The van der Waals surface area contributed by atoms with Crippen molar-refractivity contribution >= 4 is 0 Å². The molecule has 2 aliphatic rings. The molecule has 0 unspecified atom stereocenters. The van der Waals surface area contributed by atoms with E-state index in [2.05, 4.69) is 4.90 Å². The van der Waals surface area contributed by atoms with Crippen LogP contribution in [0.4, 0.5) is 0 Å². The van der Waals surface area contributed by atoms with Gasteiger partial charge < -0.3 is 15.7 Å². The van der Waals surface area contributed by atoms with Crippen molar-refractivity contribution in [3.8, 4) is 0 Å². The summed E-state index contributed by atoms with van der Waals surface area (Å²) in [5.41, 5.74) is 6.30. The summed E-state index contributed by atoms with van der Waals surface area (Å²) in [6.07, 6.45) is 8.07. The molecule has 2 rings (SSSR count). The Kier molecular flexibility index (Phi) is 4.22. The summed E-state index contributed by atoms with van der Waals surface area (Å²) in [4.78, 5) is 2.57. The van der Waals surface area contributed by atoms with Crippen LogP contribution < -0.4 is 5.73 Å². The van der Waals surface area contributed by atoms with E-state index in [0.717, 1.165) is 32.2 Å². The van der Waals surface area contributed by atoms with Crippen molar-refractivity contribution in [1.29, 1.82) is 0 Å². The summed E-state index contributed by atoms with van der Waals surface area (Å²) in [6, 6.07) is 0. The van der Waals surface area contributed by atoms with Gasteiger partial charge in [-0.25, -0.2) is 0 Å². The lowest BCUT2D eigenvalue weighted by molar-refractivity contribution is 0.0565. The Morgan fingerprint density at radius 1 is 1.19 bits per heavy atom. The highest BCUT2D eigenvalue weighted by Gasteiger charge is 2.33. The molecule has 0 bridgehead atoms. The summed E-state index contributed by atoms with van der Waals surface area (Å²) < 4.78 is 0. The molecule has 3 heteroatoms. The molecule has 0 radical (unpaired) electrons. The van der Waals surface area contributed by atoms with Gasteiger partial charge in [-0.3, -0.25) is 0 Å². The largest absolute Gasteiger partial charge is 0.393 e. The highest BCUT2D eigenvalue weighted by molar-refractivity contribution is 4.87. The van der Waals surface area contributed by atoms with Crippen molar-refractivity contribution < 1.29 is 5.11 Å².